The summed E-state index contributed by atoms with van der Waals surface area (Å²) in [7, 11) is -3.63. The summed E-state index contributed by atoms with van der Waals surface area (Å²) in [6.07, 6.45) is 0. The lowest BCUT2D eigenvalue weighted by atomic mass is 10.3. The molecule has 0 saturated carbocycles. The largest absolute Gasteiger partial charge is 0.480 e. The van der Waals surface area contributed by atoms with Crippen molar-refractivity contribution in [2.75, 3.05) is 5.75 Å². The maximum Gasteiger partial charge on any atom is 0.327 e. The zero-order chi connectivity index (χ0) is 14.6. The summed E-state index contributed by atoms with van der Waals surface area (Å²) in [5.74, 6) is -2.84. The van der Waals surface area contributed by atoms with Crippen LogP contribution in [0.5, 0.6) is 0 Å². The summed E-state index contributed by atoms with van der Waals surface area (Å²) in [5.41, 5.74) is 0. The van der Waals surface area contributed by atoms with Crippen molar-refractivity contribution in [2.45, 2.75) is 18.7 Å². The second-order valence-corrected chi connectivity index (χ2v) is 7.80. The van der Waals surface area contributed by atoms with Crippen LogP contribution in [0.15, 0.2) is 15.9 Å². The summed E-state index contributed by atoms with van der Waals surface area (Å²) in [4.78, 5) is 22.3. The maximum absolute atomic E-state index is 11.9. The number of carboxylic acids is 1. The number of hydrogen-bond acceptors (Lipinski definition) is 5. The van der Waals surface area contributed by atoms with Gasteiger partial charge in [0.05, 0.1) is 11.5 Å². The first-order chi connectivity index (χ1) is 8.71. The van der Waals surface area contributed by atoms with Crippen LogP contribution in [0.25, 0.3) is 0 Å². The Morgan fingerprint density at radius 2 is 2.16 bits per heavy atom. The lowest BCUT2D eigenvalue weighted by Gasteiger charge is -2.13. The van der Waals surface area contributed by atoms with E-state index in [9.17, 15) is 18.0 Å². The Morgan fingerprint density at radius 1 is 1.53 bits per heavy atom. The van der Waals surface area contributed by atoms with E-state index >= 15 is 0 Å². The Morgan fingerprint density at radius 3 is 2.58 bits per heavy atom. The minimum atomic E-state index is -3.63. The Balaban J connectivity index is 2.80. The van der Waals surface area contributed by atoms with Gasteiger partial charge in [0.2, 0.25) is 5.91 Å². The van der Waals surface area contributed by atoms with Gasteiger partial charge in [-0.25, -0.2) is 13.2 Å². The normalized spacial score (nSPS) is 12.9. The fourth-order valence-corrected chi connectivity index (χ4v) is 5.04. The molecule has 0 aromatic carbocycles. The van der Waals surface area contributed by atoms with Gasteiger partial charge in [0, 0.05) is 16.3 Å². The number of carbonyl (C=O) groups is 2. The molecular formula is C10H12BrNO5S2. The Kier molecular flexibility index (Phi) is 5.50. The van der Waals surface area contributed by atoms with Crippen LogP contribution in [0.1, 0.15) is 11.8 Å². The monoisotopic (exact) mass is 369 g/mol. The first-order valence-electron chi connectivity index (χ1n) is 5.13. The van der Waals surface area contributed by atoms with E-state index in [1.54, 1.807) is 11.4 Å². The van der Waals surface area contributed by atoms with Crippen LogP contribution in [-0.2, 0) is 25.2 Å². The average molecular weight is 370 g/mol. The predicted octanol–water partition coefficient (Wildman–Crippen LogP) is 1.01. The van der Waals surface area contributed by atoms with Gasteiger partial charge in [-0.2, -0.15) is 0 Å². The summed E-state index contributed by atoms with van der Waals surface area (Å²) in [6.45, 7) is 1.14. The molecule has 0 saturated heterocycles. The quantitative estimate of drug-likeness (QED) is 0.779. The van der Waals surface area contributed by atoms with Gasteiger partial charge < -0.3 is 10.4 Å². The molecule has 0 radical (unpaired) electrons. The van der Waals surface area contributed by atoms with Gasteiger partial charge in [0.1, 0.15) is 6.04 Å². The zero-order valence-electron chi connectivity index (χ0n) is 9.92. The molecule has 1 rings (SSSR count). The molecule has 106 valence electrons. The lowest BCUT2D eigenvalue weighted by molar-refractivity contribution is -0.140. The maximum atomic E-state index is 11.9. The predicted molar refractivity (Wildman–Crippen MR) is 74.8 cm³/mol. The average Bonchev–Trinajstić information content (AvgIpc) is 2.61. The Hall–Kier alpha value is -0.930. The van der Waals surface area contributed by atoms with Crippen molar-refractivity contribution in [1.82, 2.24) is 5.32 Å². The number of amides is 1. The van der Waals surface area contributed by atoms with Crippen molar-refractivity contribution in [3.05, 3.63) is 20.8 Å². The molecule has 2 N–H and O–H groups in total. The molecule has 0 spiro atoms. The molecule has 1 aromatic rings. The Bertz CT molecular complexity index is 580. The highest BCUT2D eigenvalue weighted by molar-refractivity contribution is 9.10. The first kappa shape index (κ1) is 16.1. The molecule has 1 heterocycles. The van der Waals surface area contributed by atoms with E-state index in [2.05, 4.69) is 21.2 Å². The summed E-state index contributed by atoms with van der Waals surface area (Å²) in [6, 6.07) is 0.291. The highest BCUT2D eigenvalue weighted by Crippen LogP contribution is 2.25. The molecule has 0 aliphatic heterocycles. The number of thiophene rings is 1. The van der Waals surface area contributed by atoms with Crippen LogP contribution in [0.4, 0.5) is 0 Å². The molecule has 1 atom stereocenters. The smallest absolute Gasteiger partial charge is 0.327 e. The van der Waals surface area contributed by atoms with Crippen LogP contribution in [0.3, 0.4) is 0 Å². The summed E-state index contributed by atoms with van der Waals surface area (Å²) >= 11 is 4.48. The van der Waals surface area contributed by atoms with E-state index in [-0.39, 0.29) is 5.75 Å². The third-order valence-corrected chi connectivity index (χ3v) is 5.82. The molecule has 9 heteroatoms. The number of aliphatic carboxylic acids is 1. The van der Waals surface area contributed by atoms with Crippen molar-refractivity contribution in [3.63, 3.8) is 0 Å². The van der Waals surface area contributed by atoms with Crippen molar-refractivity contribution in [2.24, 2.45) is 0 Å². The molecule has 1 aromatic heterocycles. The highest BCUT2D eigenvalue weighted by Gasteiger charge is 2.26. The number of nitrogens with one attached hydrogen (secondary N) is 1. The van der Waals surface area contributed by atoms with E-state index in [1.807, 2.05) is 0 Å². The first-order valence-corrected chi connectivity index (χ1v) is 8.63. The third kappa shape index (κ3) is 5.29. The summed E-state index contributed by atoms with van der Waals surface area (Å²) < 4.78 is 24.5. The van der Waals surface area contributed by atoms with Crippen molar-refractivity contribution < 1.29 is 23.1 Å². The molecule has 19 heavy (non-hydrogen) atoms. The van der Waals surface area contributed by atoms with Crippen LogP contribution in [-0.4, -0.2) is 37.2 Å². The van der Waals surface area contributed by atoms with Gasteiger partial charge in [-0.15, -0.1) is 11.3 Å². The molecule has 6 nitrogen and oxygen atoms in total. The highest BCUT2D eigenvalue weighted by atomic mass is 79.9. The fourth-order valence-electron chi connectivity index (χ4n) is 1.36. The van der Waals surface area contributed by atoms with Crippen LogP contribution in [0, 0.1) is 0 Å². The minimum Gasteiger partial charge on any atom is -0.480 e. The van der Waals surface area contributed by atoms with Gasteiger partial charge >= 0.3 is 5.97 Å². The van der Waals surface area contributed by atoms with E-state index < -0.39 is 33.5 Å². The molecular weight excluding hydrogens is 358 g/mol. The molecule has 0 bridgehead atoms. The van der Waals surface area contributed by atoms with Crippen LogP contribution < -0.4 is 5.32 Å². The van der Waals surface area contributed by atoms with Gasteiger partial charge in [-0.3, -0.25) is 4.79 Å². The second kappa shape index (κ2) is 6.49. The lowest BCUT2D eigenvalue weighted by Crippen LogP contribution is -2.44. The van der Waals surface area contributed by atoms with Crippen molar-refractivity contribution in [3.8, 4) is 0 Å². The molecule has 0 aliphatic carbocycles. The molecule has 0 fully saturated rings. The van der Waals surface area contributed by atoms with Gasteiger partial charge in [0.15, 0.2) is 9.84 Å². The number of hydrogen-bond donors (Lipinski definition) is 2. The van der Waals surface area contributed by atoms with E-state index in [0.717, 1.165) is 6.92 Å². The summed E-state index contributed by atoms with van der Waals surface area (Å²) in [5, 5.41) is 12.7. The number of rotatable bonds is 6. The van der Waals surface area contributed by atoms with Crippen molar-refractivity contribution >= 4 is 49.0 Å². The molecule has 1 amide bonds. The van der Waals surface area contributed by atoms with Crippen molar-refractivity contribution in [1.29, 1.82) is 0 Å². The Labute approximate surface area is 122 Å². The topological polar surface area (TPSA) is 101 Å². The minimum absolute atomic E-state index is 0.255. The molecule has 0 aliphatic rings. The van der Waals surface area contributed by atoms with Gasteiger partial charge in [-0.05, 0) is 27.4 Å². The van der Waals surface area contributed by atoms with Gasteiger partial charge in [-0.1, -0.05) is 0 Å². The zero-order valence-corrected chi connectivity index (χ0v) is 13.1. The SMILES string of the molecule is CC(=O)NC(CS(=O)(=O)Cc1sccc1Br)C(=O)O. The number of carbonyl (C=O) groups excluding carboxylic acids is 1. The van der Waals surface area contributed by atoms with Crippen LogP contribution >= 0.6 is 27.3 Å². The van der Waals surface area contributed by atoms with E-state index in [4.69, 9.17) is 5.11 Å². The van der Waals surface area contributed by atoms with E-state index in [1.165, 1.54) is 11.3 Å². The third-order valence-electron chi connectivity index (χ3n) is 2.14. The van der Waals surface area contributed by atoms with E-state index in [0.29, 0.717) is 9.35 Å². The molecule has 1 unspecified atom stereocenters. The fraction of sp³-hybridized carbons (Fsp3) is 0.400. The van der Waals surface area contributed by atoms with Gasteiger partial charge in [0.25, 0.3) is 0 Å². The number of sulfone groups is 1. The van der Waals surface area contributed by atoms with Crippen LogP contribution in [0.2, 0.25) is 0 Å². The number of carboxylic acid groups (broad SMARTS) is 1. The number of halogens is 1. The second-order valence-electron chi connectivity index (χ2n) is 3.84. The standard InChI is InChI=1S/C10H12BrNO5S2/c1-6(13)12-8(10(14)15)4-19(16,17)5-9-7(11)2-3-18-9/h2-3,8H,4-5H2,1H3,(H,12,13)(H,14,15).